The molecule has 0 saturated heterocycles. The molecule has 0 atom stereocenters. The van der Waals surface area contributed by atoms with E-state index in [9.17, 15) is 14.3 Å². The van der Waals surface area contributed by atoms with Crippen molar-refractivity contribution in [3.05, 3.63) is 41.2 Å². The number of benzene rings is 1. The van der Waals surface area contributed by atoms with Crippen LogP contribution in [0.2, 0.25) is 0 Å². The normalized spacial score (nSPS) is 11.6. The third kappa shape index (κ3) is 3.95. The van der Waals surface area contributed by atoms with Crippen molar-refractivity contribution in [2.45, 2.75) is 33.2 Å². The van der Waals surface area contributed by atoms with E-state index in [4.69, 9.17) is 0 Å². The highest BCUT2D eigenvalue weighted by Gasteiger charge is 2.34. The minimum atomic E-state index is -0.772. The van der Waals surface area contributed by atoms with Gasteiger partial charge in [-0.15, -0.1) is 11.3 Å². The van der Waals surface area contributed by atoms with Crippen molar-refractivity contribution in [3.8, 4) is 10.6 Å². The van der Waals surface area contributed by atoms with Gasteiger partial charge in [-0.1, -0.05) is 26.0 Å². The minimum absolute atomic E-state index is 0.289. The molecule has 6 heteroatoms. The first-order valence-electron chi connectivity index (χ1n) is 7.66. The van der Waals surface area contributed by atoms with Gasteiger partial charge in [0.1, 0.15) is 10.8 Å². The summed E-state index contributed by atoms with van der Waals surface area (Å²) in [6.07, 6.45) is 2.86. The molecule has 1 aromatic carbocycles. The van der Waals surface area contributed by atoms with Gasteiger partial charge in [-0.25, -0.2) is 9.37 Å². The van der Waals surface area contributed by atoms with E-state index in [2.05, 4.69) is 10.3 Å². The molecule has 0 fully saturated rings. The summed E-state index contributed by atoms with van der Waals surface area (Å²) in [5.74, 6) is -1.06. The van der Waals surface area contributed by atoms with E-state index in [-0.39, 0.29) is 5.82 Å². The highest BCUT2D eigenvalue weighted by molar-refractivity contribution is 7.15. The van der Waals surface area contributed by atoms with Gasteiger partial charge in [0.2, 0.25) is 0 Å². The standard InChI is InChI=1S/C17H21FN2O2S/c1-3-17(4-2,16(21)22)11-19-9-12-10-20-15(23-12)13-7-5-6-8-14(13)18/h5-8,10,19H,3-4,9,11H2,1-2H3,(H,21,22). The fraction of sp³-hybridized carbons (Fsp3) is 0.412. The molecule has 0 unspecified atom stereocenters. The summed E-state index contributed by atoms with van der Waals surface area (Å²) in [4.78, 5) is 16.7. The van der Waals surface area contributed by atoms with E-state index in [0.29, 0.717) is 36.5 Å². The summed E-state index contributed by atoms with van der Waals surface area (Å²) in [5, 5.41) is 13.2. The summed E-state index contributed by atoms with van der Waals surface area (Å²) in [7, 11) is 0. The molecule has 0 spiro atoms. The third-order valence-electron chi connectivity index (χ3n) is 4.23. The molecule has 0 amide bonds. The number of halogens is 1. The molecular formula is C17H21FN2O2S. The van der Waals surface area contributed by atoms with E-state index < -0.39 is 11.4 Å². The molecule has 0 radical (unpaired) electrons. The number of aromatic nitrogens is 1. The number of carbonyl (C=O) groups is 1. The summed E-state index contributed by atoms with van der Waals surface area (Å²) in [6, 6.07) is 6.55. The first-order chi connectivity index (χ1) is 11.0. The number of aliphatic carboxylic acids is 1. The Balaban J connectivity index is 2.00. The van der Waals surface area contributed by atoms with E-state index in [1.807, 2.05) is 13.8 Å². The Labute approximate surface area is 139 Å². The first-order valence-corrected chi connectivity index (χ1v) is 8.47. The zero-order valence-electron chi connectivity index (χ0n) is 13.3. The monoisotopic (exact) mass is 336 g/mol. The topological polar surface area (TPSA) is 62.2 Å². The van der Waals surface area contributed by atoms with Gasteiger partial charge in [0.25, 0.3) is 0 Å². The highest BCUT2D eigenvalue weighted by Crippen LogP contribution is 2.28. The van der Waals surface area contributed by atoms with Crippen LogP contribution in [0.15, 0.2) is 30.5 Å². The van der Waals surface area contributed by atoms with Gasteiger partial charge in [-0.3, -0.25) is 4.79 Å². The van der Waals surface area contributed by atoms with Crippen LogP contribution in [0.25, 0.3) is 10.6 Å². The number of nitrogens with one attached hydrogen (secondary N) is 1. The Morgan fingerprint density at radius 3 is 2.65 bits per heavy atom. The molecule has 0 aliphatic rings. The average Bonchev–Trinajstić information content (AvgIpc) is 3.00. The van der Waals surface area contributed by atoms with Crippen molar-refractivity contribution in [2.75, 3.05) is 6.54 Å². The van der Waals surface area contributed by atoms with Gasteiger partial charge in [0, 0.05) is 29.7 Å². The predicted octanol–water partition coefficient (Wildman–Crippen LogP) is 3.93. The molecule has 1 aromatic heterocycles. The van der Waals surface area contributed by atoms with Crippen LogP contribution >= 0.6 is 11.3 Å². The molecule has 2 N–H and O–H groups in total. The van der Waals surface area contributed by atoms with Gasteiger partial charge in [-0.05, 0) is 25.0 Å². The number of hydrogen-bond donors (Lipinski definition) is 2. The Morgan fingerprint density at radius 2 is 2.04 bits per heavy atom. The highest BCUT2D eigenvalue weighted by atomic mass is 32.1. The zero-order valence-corrected chi connectivity index (χ0v) is 14.1. The van der Waals surface area contributed by atoms with Crippen LogP contribution in [-0.4, -0.2) is 22.6 Å². The molecule has 2 rings (SSSR count). The average molecular weight is 336 g/mol. The Bertz CT molecular complexity index is 668. The Morgan fingerprint density at radius 1 is 1.35 bits per heavy atom. The third-order valence-corrected chi connectivity index (χ3v) is 5.26. The van der Waals surface area contributed by atoms with Crippen molar-refractivity contribution in [1.82, 2.24) is 10.3 Å². The molecule has 0 bridgehead atoms. The first kappa shape index (κ1) is 17.6. The Hall–Kier alpha value is -1.79. The fourth-order valence-electron chi connectivity index (χ4n) is 2.45. The van der Waals surface area contributed by atoms with Crippen LogP contribution in [0, 0.1) is 11.2 Å². The summed E-state index contributed by atoms with van der Waals surface area (Å²) in [5.41, 5.74) is -0.246. The Kier molecular flexibility index (Phi) is 5.85. The maximum Gasteiger partial charge on any atom is 0.310 e. The van der Waals surface area contributed by atoms with Crippen LogP contribution in [0.4, 0.5) is 4.39 Å². The van der Waals surface area contributed by atoms with Gasteiger partial charge < -0.3 is 10.4 Å². The van der Waals surface area contributed by atoms with Crippen molar-refractivity contribution < 1.29 is 14.3 Å². The van der Waals surface area contributed by atoms with Crippen molar-refractivity contribution >= 4 is 17.3 Å². The van der Waals surface area contributed by atoms with E-state index in [0.717, 1.165) is 4.88 Å². The van der Waals surface area contributed by atoms with Crippen LogP contribution in [0.3, 0.4) is 0 Å². The zero-order chi connectivity index (χ0) is 16.9. The second-order valence-corrected chi connectivity index (χ2v) is 6.62. The number of hydrogen-bond acceptors (Lipinski definition) is 4. The van der Waals surface area contributed by atoms with E-state index in [1.165, 1.54) is 17.4 Å². The maximum absolute atomic E-state index is 13.8. The largest absolute Gasteiger partial charge is 0.481 e. The van der Waals surface area contributed by atoms with E-state index in [1.54, 1.807) is 24.4 Å². The molecule has 4 nitrogen and oxygen atoms in total. The molecule has 23 heavy (non-hydrogen) atoms. The molecule has 0 aliphatic heterocycles. The molecule has 0 saturated carbocycles. The fourth-order valence-corrected chi connectivity index (χ4v) is 3.36. The number of carboxylic acids is 1. The molecule has 1 heterocycles. The van der Waals surface area contributed by atoms with Crippen LogP contribution in [0.1, 0.15) is 31.6 Å². The van der Waals surface area contributed by atoms with Crippen molar-refractivity contribution in [3.63, 3.8) is 0 Å². The SMILES string of the molecule is CCC(CC)(CNCc1cnc(-c2ccccc2F)s1)C(=O)O. The number of thiazole rings is 1. The van der Waals surface area contributed by atoms with Gasteiger partial charge >= 0.3 is 5.97 Å². The molecule has 0 aliphatic carbocycles. The lowest BCUT2D eigenvalue weighted by Crippen LogP contribution is -2.39. The van der Waals surface area contributed by atoms with Gasteiger partial charge in [0.15, 0.2) is 0 Å². The van der Waals surface area contributed by atoms with Gasteiger partial charge in [-0.2, -0.15) is 0 Å². The van der Waals surface area contributed by atoms with Gasteiger partial charge in [0.05, 0.1) is 5.41 Å². The van der Waals surface area contributed by atoms with Crippen molar-refractivity contribution in [1.29, 1.82) is 0 Å². The molecular weight excluding hydrogens is 315 g/mol. The number of nitrogens with zero attached hydrogens (tertiary/aromatic N) is 1. The van der Waals surface area contributed by atoms with Crippen LogP contribution < -0.4 is 5.32 Å². The van der Waals surface area contributed by atoms with Crippen LogP contribution in [0.5, 0.6) is 0 Å². The second kappa shape index (κ2) is 7.66. The van der Waals surface area contributed by atoms with E-state index >= 15 is 0 Å². The lowest BCUT2D eigenvalue weighted by atomic mass is 9.82. The summed E-state index contributed by atoms with van der Waals surface area (Å²) < 4.78 is 13.8. The molecule has 124 valence electrons. The maximum atomic E-state index is 13.8. The summed E-state index contributed by atoms with van der Waals surface area (Å²) in [6.45, 7) is 4.72. The quantitative estimate of drug-likeness (QED) is 0.767. The lowest BCUT2D eigenvalue weighted by molar-refractivity contribution is -0.149. The second-order valence-electron chi connectivity index (χ2n) is 5.51. The number of rotatable bonds is 8. The lowest BCUT2D eigenvalue weighted by Gasteiger charge is -2.26. The molecule has 2 aromatic rings. The predicted molar refractivity (Wildman–Crippen MR) is 89.9 cm³/mol. The van der Waals surface area contributed by atoms with Crippen LogP contribution in [-0.2, 0) is 11.3 Å². The minimum Gasteiger partial charge on any atom is -0.481 e. The van der Waals surface area contributed by atoms with Crippen molar-refractivity contribution in [2.24, 2.45) is 5.41 Å². The smallest absolute Gasteiger partial charge is 0.310 e. The number of carboxylic acid groups (broad SMARTS) is 1. The summed E-state index contributed by atoms with van der Waals surface area (Å²) >= 11 is 1.41.